The number of sulfonamides is 1. The molecule has 1 saturated carbocycles. The fourth-order valence-corrected chi connectivity index (χ4v) is 9.37. The van der Waals surface area contributed by atoms with Crippen LogP contribution < -0.4 is 15.6 Å². The Morgan fingerprint density at radius 3 is 2.39 bits per heavy atom. The third-order valence-corrected chi connectivity index (χ3v) is 12.2. The van der Waals surface area contributed by atoms with Crippen LogP contribution in [0.4, 0.5) is 36.6 Å². The number of carbonyl (C=O) groups is 1. The molecule has 2 unspecified atom stereocenters. The lowest BCUT2D eigenvalue weighted by atomic mass is 10.0. The summed E-state index contributed by atoms with van der Waals surface area (Å²) >= 11 is 6.62. The number of rotatable bonds is 12. The van der Waals surface area contributed by atoms with Crippen molar-refractivity contribution in [3.63, 3.8) is 0 Å². The van der Waals surface area contributed by atoms with E-state index in [-0.39, 0.29) is 67.3 Å². The highest BCUT2D eigenvalue weighted by molar-refractivity contribution is 7.92. The highest BCUT2D eigenvalue weighted by atomic mass is 35.5. The van der Waals surface area contributed by atoms with E-state index in [9.17, 15) is 40.3 Å². The summed E-state index contributed by atoms with van der Waals surface area (Å²) in [6.45, 7) is -1.65. The van der Waals surface area contributed by atoms with Crippen LogP contribution in [0.15, 0.2) is 71.5 Å². The maximum absolute atomic E-state index is 15.5. The van der Waals surface area contributed by atoms with Gasteiger partial charge in [-0.1, -0.05) is 23.7 Å². The molecule has 2 aliphatic rings. The summed E-state index contributed by atoms with van der Waals surface area (Å²) in [4.78, 5) is 34.0. The predicted octanol–water partition coefficient (Wildman–Crippen LogP) is 7.32. The average molecular weight is 929 g/mol. The molecule has 7 aromatic rings. The number of hydrogen-bond donors (Lipinski definition) is 3. The van der Waals surface area contributed by atoms with Crippen LogP contribution in [0, 0.1) is 23.4 Å². The summed E-state index contributed by atoms with van der Waals surface area (Å²) in [6, 6.07) is 12.0. The van der Waals surface area contributed by atoms with E-state index in [0.29, 0.717) is 21.9 Å². The number of aliphatic hydroxyl groups is 1. The summed E-state index contributed by atoms with van der Waals surface area (Å²) in [5.41, 5.74) is -2.11. The lowest BCUT2D eigenvalue weighted by Gasteiger charge is -2.24. The second-order valence-electron chi connectivity index (χ2n) is 15.7. The molecule has 2 aliphatic carbocycles. The van der Waals surface area contributed by atoms with E-state index in [2.05, 4.69) is 20.2 Å². The van der Waals surface area contributed by atoms with E-state index in [1.165, 1.54) is 54.2 Å². The zero-order valence-electron chi connectivity index (χ0n) is 33.2. The number of amides is 1. The molecule has 3 atom stereocenters. The zero-order valence-corrected chi connectivity index (χ0v) is 34.8. The van der Waals surface area contributed by atoms with Crippen molar-refractivity contribution in [3.8, 4) is 16.8 Å². The van der Waals surface area contributed by atoms with E-state index in [0.717, 1.165) is 29.0 Å². The highest BCUT2D eigenvalue weighted by Gasteiger charge is 2.67. The summed E-state index contributed by atoms with van der Waals surface area (Å²) in [5.74, 6) is -9.99. The third-order valence-electron chi connectivity index (χ3n) is 11.4. The molecular weight excluding hydrogens is 897 g/mol. The Morgan fingerprint density at radius 1 is 1.00 bits per heavy atom. The molecule has 1 fully saturated rings. The van der Waals surface area contributed by atoms with Crippen LogP contribution in [0.5, 0.6) is 0 Å². The number of nitrogens with one attached hydrogen (secondary N) is 2. The van der Waals surface area contributed by atoms with Crippen LogP contribution >= 0.6 is 11.6 Å². The van der Waals surface area contributed by atoms with Crippen LogP contribution in [-0.4, -0.2) is 54.8 Å². The Kier molecular flexibility index (Phi) is 10.4. The first-order valence-electron chi connectivity index (χ1n) is 19.3. The van der Waals surface area contributed by atoms with Gasteiger partial charge in [0.05, 0.1) is 51.4 Å². The van der Waals surface area contributed by atoms with Crippen molar-refractivity contribution in [2.24, 2.45) is 13.0 Å². The second-order valence-corrected chi connectivity index (χ2v) is 17.9. The molecule has 0 spiro atoms. The monoisotopic (exact) mass is 928 g/mol. The van der Waals surface area contributed by atoms with Crippen LogP contribution in [-0.2, 0) is 47.4 Å². The molecular formula is C42H32ClF7N8O5S. The number of fused-ring (bicyclic) bond motifs is 5. The number of carbonyl (C=O) groups excluding carboxylic acids is 1. The molecule has 64 heavy (non-hydrogen) atoms. The number of nitrogens with zero attached hydrogens (tertiary/aromatic N) is 6. The van der Waals surface area contributed by atoms with Gasteiger partial charge in [-0.25, -0.2) is 35.4 Å². The third kappa shape index (κ3) is 7.43. The maximum Gasteiger partial charge on any atom is 0.293 e. The minimum absolute atomic E-state index is 0.00279. The number of aryl methyl sites for hydroxylation is 1. The zero-order chi connectivity index (χ0) is 45.7. The van der Waals surface area contributed by atoms with Crippen molar-refractivity contribution in [2.45, 2.75) is 50.3 Å². The first-order chi connectivity index (χ1) is 30.2. The maximum atomic E-state index is 15.5. The largest absolute Gasteiger partial charge is 0.392 e. The number of benzene rings is 4. The molecule has 3 N–H and O–H groups in total. The molecule has 3 aromatic heterocycles. The number of aliphatic hydroxyl groups excluding tert-OH is 1. The van der Waals surface area contributed by atoms with E-state index in [4.69, 9.17) is 16.6 Å². The van der Waals surface area contributed by atoms with Crippen molar-refractivity contribution in [3.05, 3.63) is 133 Å². The van der Waals surface area contributed by atoms with Gasteiger partial charge in [-0.15, -0.1) is 0 Å². The Labute approximate surface area is 362 Å². The van der Waals surface area contributed by atoms with Gasteiger partial charge in [-0.3, -0.25) is 28.2 Å². The highest BCUT2D eigenvalue weighted by Crippen LogP contribution is 2.68. The molecule has 0 bridgehead atoms. The smallest absolute Gasteiger partial charge is 0.293 e. The van der Waals surface area contributed by atoms with Gasteiger partial charge < -0.3 is 10.4 Å². The van der Waals surface area contributed by atoms with E-state index >= 15 is 13.6 Å². The Bertz CT molecular complexity index is 3270. The van der Waals surface area contributed by atoms with E-state index < -0.39 is 100 Å². The Hall–Kier alpha value is -6.32. The summed E-state index contributed by atoms with van der Waals surface area (Å²) < 4.78 is 133. The lowest BCUT2D eigenvalue weighted by Crippen LogP contribution is -2.38. The van der Waals surface area contributed by atoms with E-state index in [1.54, 1.807) is 0 Å². The van der Waals surface area contributed by atoms with Crippen LogP contribution in [0.25, 0.3) is 38.6 Å². The first-order valence-corrected chi connectivity index (χ1v) is 21.6. The van der Waals surface area contributed by atoms with Crippen LogP contribution in [0.2, 0.25) is 5.02 Å². The number of aromatic nitrogens is 6. The molecule has 0 saturated heterocycles. The van der Waals surface area contributed by atoms with Crippen molar-refractivity contribution in [1.29, 1.82) is 0 Å². The topological polar surface area (TPSA) is 166 Å². The van der Waals surface area contributed by atoms with Gasteiger partial charge in [0.25, 0.3) is 17.9 Å². The normalized spacial score (nSPS) is 16.9. The summed E-state index contributed by atoms with van der Waals surface area (Å²) in [5, 5.41) is 20.4. The lowest BCUT2D eigenvalue weighted by molar-refractivity contribution is -0.123. The van der Waals surface area contributed by atoms with Crippen molar-refractivity contribution in [1.82, 2.24) is 34.4 Å². The van der Waals surface area contributed by atoms with Crippen LogP contribution in [0.3, 0.4) is 0 Å². The molecule has 4 aromatic carbocycles. The molecule has 22 heteroatoms. The van der Waals surface area contributed by atoms with Crippen LogP contribution in [0.1, 0.15) is 58.7 Å². The van der Waals surface area contributed by atoms with Gasteiger partial charge in [0, 0.05) is 36.6 Å². The molecule has 0 aliphatic heterocycles. The number of hydrogen-bond acceptors (Lipinski definition) is 8. The van der Waals surface area contributed by atoms with Gasteiger partial charge in [0.2, 0.25) is 15.9 Å². The van der Waals surface area contributed by atoms with Crippen molar-refractivity contribution in [2.75, 3.05) is 11.0 Å². The first kappa shape index (κ1) is 43.0. The molecule has 13 nitrogen and oxygen atoms in total. The summed E-state index contributed by atoms with van der Waals surface area (Å²) in [7, 11) is -2.52. The molecule has 9 rings (SSSR count). The predicted molar refractivity (Wildman–Crippen MR) is 219 cm³/mol. The minimum atomic E-state index is -3.94. The number of alkyl halides is 4. The SMILES string of the molecule is Cn1nc(NS(C)(=O)=O)c2c(Cl)ccc(-n3c([C@H](Cc4cc(F)cc(F)c4)NC(=O)Cn4nc(C(F)F)c5c4C(F)(F)C4CC54)nc4cc(-c5ccc(F)c(CO)c5)ccc4c3=O)c21. The van der Waals surface area contributed by atoms with Gasteiger partial charge in [0.15, 0.2) is 5.82 Å². The van der Waals surface area contributed by atoms with Gasteiger partial charge >= 0.3 is 0 Å². The number of anilines is 1. The fraction of sp³-hybridized carbons (Fsp3) is 0.262. The molecule has 332 valence electrons. The van der Waals surface area contributed by atoms with Crippen molar-refractivity contribution < 1.29 is 49.1 Å². The average Bonchev–Trinajstić information content (AvgIpc) is 3.76. The van der Waals surface area contributed by atoms with E-state index in [1.807, 2.05) is 0 Å². The standard InChI is InChI=1S/C42H32ClF7N8O5S/c1-56-36-31(8-6-27(43)34(36)39(54-56)55-64(2,62)63)58-40(52-29-13-20(3-5-24(29)41(58)61)19-4-7-28(46)21(12-19)17-59)30(11-18-9-22(44)14-23(45)10-18)51-32(60)16-57-37-33(35(53-57)38(47)48)25-15-26(25)42(37,49)50/h3-10,12-14,25-26,30,38,59H,11,15-17H2,1-2H3,(H,51,60)(H,54,55)/t25?,26?,30-/m0/s1. The van der Waals surface area contributed by atoms with Gasteiger partial charge in [-0.05, 0) is 77.6 Å². The second kappa shape index (κ2) is 15.4. The Balaban J connectivity index is 1.26. The minimum Gasteiger partial charge on any atom is -0.392 e. The molecule has 0 radical (unpaired) electrons. The molecule has 3 heterocycles. The quantitative estimate of drug-likeness (QED) is 0.107. The Morgan fingerprint density at radius 2 is 1.70 bits per heavy atom. The summed E-state index contributed by atoms with van der Waals surface area (Å²) in [6.07, 6.45) is -2.89. The molecule has 1 amide bonds. The van der Waals surface area contributed by atoms with Gasteiger partial charge in [0.1, 0.15) is 41.2 Å². The number of halogens is 8. The van der Waals surface area contributed by atoms with Crippen molar-refractivity contribution >= 4 is 55.2 Å². The van der Waals surface area contributed by atoms with Gasteiger partial charge in [-0.2, -0.15) is 19.0 Å². The fourth-order valence-electron chi connectivity index (χ4n) is 8.64.